The molecule has 3 nitrogen and oxygen atoms in total. The van der Waals surface area contributed by atoms with Crippen molar-refractivity contribution in [1.82, 2.24) is 5.32 Å². The Morgan fingerprint density at radius 2 is 2.42 bits per heavy atom. The van der Waals surface area contributed by atoms with E-state index in [1.54, 1.807) is 0 Å². The molecule has 0 aromatic carbocycles. The summed E-state index contributed by atoms with van der Waals surface area (Å²) in [5, 5.41) is 2.91. The molecule has 3 unspecified atom stereocenters. The van der Waals surface area contributed by atoms with E-state index < -0.39 is 0 Å². The lowest BCUT2D eigenvalue weighted by Gasteiger charge is -2.13. The van der Waals surface area contributed by atoms with Crippen molar-refractivity contribution in [2.24, 2.45) is 11.8 Å². The predicted octanol–water partition coefficient (Wildman–Crippen LogP) is 1.53. The third-order valence-corrected chi connectivity index (χ3v) is 2.92. The number of fused-ring (bicyclic) bond motifs is 1. The smallest absolute Gasteiger partial charge is 0.407 e. The fraction of sp³-hybridized carbons (Fsp3) is 0.889. The zero-order valence-corrected chi connectivity index (χ0v) is 7.38. The van der Waals surface area contributed by atoms with Crippen LogP contribution in [0.15, 0.2) is 0 Å². The molecule has 2 fully saturated rings. The van der Waals surface area contributed by atoms with Gasteiger partial charge in [0.1, 0.15) is 0 Å². The van der Waals surface area contributed by atoms with Crippen molar-refractivity contribution in [2.45, 2.75) is 32.2 Å². The first-order valence-electron chi connectivity index (χ1n) is 4.74. The van der Waals surface area contributed by atoms with E-state index in [9.17, 15) is 4.79 Å². The number of amides is 1. The summed E-state index contributed by atoms with van der Waals surface area (Å²) < 4.78 is 4.82. The molecule has 3 atom stereocenters. The Bertz CT molecular complexity index is 193. The van der Waals surface area contributed by atoms with Crippen LogP contribution in [0.2, 0.25) is 0 Å². The van der Waals surface area contributed by atoms with Crippen LogP contribution in [0.1, 0.15) is 26.2 Å². The van der Waals surface area contributed by atoms with E-state index in [1.165, 1.54) is 12.8 Å². The zero-order valence-electron chi connectivity index (χ0n) is 7.38. The van der Waals surface area contributed by atoms with Crippen molar-refractivity contribution in [3.05, 3.63) is 0 Å². The highest BCUT2D eigenvalue weighted by Crippen LogP contribution is 2.51. The maximum Gasteiger partial charge on any atom is 0.407 e. The van der Waals surface area contributed by atoms with Gasteiger partial charge in [0.25, 0.3) is 0 Å². The van der Waals surface area contributed by atoms with Gasteiger partial charge in [0.15, 0.2) is 0 Å². The Labute approximate surface area is 72.5 Å². The van der Waals surface area contributed by atoms with E-state index in [-0.39, 0.29) is 6.09 Å². The van der Waals surface area contributed by atoms with Crippen LogP contribution in [-0.2, 0) is 4.74 Å². The van der Waals surface area contributed by atoms with E-state index in [0.717, 1.165) is 18.3 Å². The molecule has 2 rings (SSSR count). The molecule has 12 heavy (non-hydrogen) atoms. The Kier molecular flexibility index (Phi) is 1.95. The molecule has 2 aliphatic rings. The van der Waals surface area contributed by atoms with Crippen LogP contribution in [0, 0.1) is 11.8 Å². The third-order valence-electron chi connectivity index (χ3n) is 2.92. The number of carbonyl (C=O) groups is 1. The highest BCUT2D eigenvalue weighted by Gasteiger charge is 2.48. The first kappa shape index (κ1) is 7.90. The van der Waals surface area contributed by atoms with E-state index in [0.29, 0.717) is 12.6 Å². The van der Waals surface area contributed by atoms with Gasteiger partial charge in [-0.1, -0.05) is 0 Å². The van der Waals surface area contributed by atoms with Gasteiger partial charge >= 0.3 is 6.09 Å². The first-order valence-corrected chi connectivity index (χ1v) is 4.74. The summed E-state index contributed by atoms with van der Waals surface area (Å²) >= 11 is 0. The maximum absolute atomic E-state index is 11.0. The lowest BCUT2D eigenvalue weighted by atomic mass is 10.2. The normalized spacial score (nSPS) is 37.2. The summed E-state index contributed by atoms with van der Waals surface area (Å²) in [5.41, 5.74) is 0. The van der Waals surface area contributed by atoms with Gasteiger partial charge in [-0.15, -0.1) is 0 Å². The molecule has 1 N–H and O–H groups in total. The average Bonchev–Trinajstić information content (AvgIpc) is 2.71. The summed E-state index contributed by atoms with van der Waals surface area (Å²) in [7, 11) is 0. The number of rotatable bonds is 2. The Morgan fingerprint density at radius 1 is 1.58 bits per heavy atom. The minimum absolute atomic E-state index is 0.241. The van der Waals surface area contributed by atoms with Crippen molar-refractivity contribution in [2.75, 3.05) is 6.61 Å². The highest BCUT2D eigenvalue weighted by atomic mass is 16.5. The van der Waals surface area contributed by atoms with Gasteiger partial charge in [-0.3, -0.25) is 0 Å². The van der Waals surface area contributed by atoms with Gasteiger partial charge in [-0.05, 0) is 38.0 Å². The van der Waals surface area contributed by atoms with Crippen molar-refractivity contribution in [3.8, 4) is 0 Å². The molecular weight excluding hydrogens is 154 g/mol. The van der Waals surface area contributed by atoms with Crippen molar-refractivity contribution >= 4 is 6.09 Å². The van der Waals surface area contributed by atoms with Crippen LogP contribution < -0.4 is 5.32 Å². The number of alkyl carbamates (subject to hydrolysis) is 1. The number of nitrogens with one attached hydrogen (secondary N) is 1. The van der Waals surface area contributed by atoms with Crippen LogP contribution in [-0.4, -0.2) is 18.7 Å². The fourth-order valence-electron chi connectivity index (χ4n) is 2.21. The second-order valence-electron chi connectivity index (χ2n) is 3.71. The molecule has 0 aromatic heterocycles. The average molecular weight is 169 g/mol. The third kappa shape index (κ3) is 1.40. The molecule has 3 heteroatoms. The molecule has 0 saturated heterocycles. The second kappa shape index (κ2) is 2.96. The van der Waals surface area contributed by atoms with Crippen molar-refractivity contribution < 1.29 is 9.53 Å². The van der Waals surface area contributed by atoms with Crippen LogP contribution in [0.5, 0.6) is 0 Å². The lowest BCUT2D eigenvalue weighted by Crippen LogP contribution is -2.35. The van der Waals surface area contributed by atoms with Gasteiger partial charge in [0.2, 0.25) is 0 Å². The first-order chi connectivity index (χ1) is 5.81. The van der Waals surface area contributed by atoms with Gasteiger partial charge in [0.05, 0.1) is 6.61 Å². The summed E-state index contributed by atoms with van der Waals surface area (Å²) in [6, 6.07) is 0.411. The molecule has 0 aliphatic heterocycles. The monoisotopic (exact) mass is 169 g/mol. The molecule has 0 aromatic rings. The SMILES string of the molecule is CCOC(=O)NC1CCC2CC21. The molecule has 0 heterocycles. The summed E-state index contributed by atoms with van der Waals surface area (Å²) in [6.45, 7) is 2.29. The van der Waals surface area contributed by atoms with Crippen LogP contribution in [0.4, 0.5) is 4.79 Å². The van der Waals surface area contributed by atoms with E-state index in [2.05, 4.69) is 5.32 Å². The van der Waals surface area contributed by atoms with E-state index in [4.69, 9.17) is 4.74 Å². The molecule has 68 valence electrons. The quantitative estimate of drug-likeness (QED) is 0.680. The zero-order chi connectivity index (χ0) is 8.55. The number of ether oxygens (including phenoxy) is 1. The molecule has 0 radical (unpaired) electrons. The Morgan fingerprint density at radius 3 is 2.92 bits per heavy atom. The van der Waals surface area contributed by atoms with Crippen LogP contribution in [0.25, 0.3) is 0 Å². The number of hydrogen-bond donors (Lipinski definition) is 1. The van der Waals surface area contributed by atoms with Crippen LogP contribution >= 0.6 is 0 Å². The largest absolute Gasteiger partial charge is 0.450 e. The highest BCUT2D eigenvalue weighted by molar-refractivity contribution is 5.67. The molecule has 2 saturated carbocycles. The van der Waals surface area contributed by atoms with E-state index in [1.807, 2.05) is 6.92 Å². The number of carbonyl (C=O) groups excluding carboxylic acids is 1. The standard InChI is InChI=1S/C9H15NO2/c1-2-12-9(11)10-8-4-3-6-5-7(6)8/h6-8H,2-5H2,1H3,(H,10,11). The van der Waals surface area contributed by atoms with Crippen molar-refractivity contribution in [1.29, 1.82) is 0 Å². The second-order valence-corrected chi connectivity index (χ2v) is 3.71. The molecular formula is C9H15NO2. The number of hydrogen-bond acceptors (Lipinski definition) is 2. The minimum atomic E-state index is -0.241. The van der Waals surface area contributed by atoms with Gasteiger partial charge < -0.3 is 10.1 Å². The summed E-state index contributed by atoms with van der Waals surface area (Å²) in [6.07, 6.45) is 3.52. The molecule has 0 bridgehead atoms. The fourth-order valence-corrected chi connectivity index (χ4v) is 2.21. The van der Waals surface area contributed by atoms with Gasteiger partial charge in [-0.25, -0.2) is 4.79 Å². The van der Waals surface area contributed by atoms with Crippen molar-refractivity contribution in [3.63, 3.8) is 0 Å². The van der Waals surface area contributed by atoms with Gasteiger partial charge in [-0.2, -0.15) is 0 Å². The minimum Gasteiger partial charge on any atom is -0.450 e. The predicted molar refractivity (Wildman–Crippen MR) is 44.8 cm³/mol. The Balaban J connectivity index is 1.75. The Hall–Kier alpha value is -0.730. The molecule has 0 spiro atoms. The van der Waals surface area contributed by atoms with E-state index >= 15 is 0 Å². The summed E-state index contributed by atoms with van der Waals surface area (Å²) in [5.74, 6) is 1.69. The maximum atomic E-state index is 11.0. The van der Waals surface area contributed by atoms with Gasteiger partial charge in [0, 0.05) is 6.04 Å². The topological polar surface area (TPSA) is 38.3 Å². The molecule has 2 aliphatic carbocycles. The van der Waals surface area contributed by atoms with Crippen LogP contribution in [0.3, 0.4) is 0 Å². The lowest BCUT2D eigenvalue weighted by molar-refractivity contribution is 0.147. The summed E-state index contributed by atoms with van der Waals surface area (Å²) in [4.78, 5) is 11.0. The molecule has 1 amide bonds.